The molecule has 0 aromatic heterocycles. The van der Waals surface area contributed by atoms with Crippen LogP contribution in [0.15, 0.2) is 83.8 Å². The van der Waals surface area contributed by atoms with Gasteiger partial charge in [-0.25, -0.2) is 0 Å². The minimum absolute atomic E-state index is 0.165. The second-order valence-electron chi connectivity index (χ2n) is 8.59. The van der Waals surface area contributed by atoms with Crippen LogP contribution in [0.5, 0.6) is 0 Å². The van der Waals surface area contributed by atoms with Crippen molar-refractivity contribution in [1.29, 1.82) is 0 Å². The molecule has 3 aromatic rings. The molecular formula is C28H23N3O3S2. The van der Waals surface area contributed by atoms with Gasteiger partial charge in [-0.3, -0.25) is 24.2 Å². The summed E-state index contributed by atoms with van der Waals surface area (Å²) in [5.74, 6) is -0.970. The molecule has 5 rings (SSSR count). The molecule has 0 radical (unpaired) electrons. The molecule has 1 fully saturated rings. The first-order chi connectivity index (χ1) is 17.4. The third-order valence-corrected chi connectivity index (χ3v) is 7.55. The Balaban J connectivity index is 1.39. The average Bonchev–Trinajstić information content (AvgIpc) is 3.31. The predicted molar refractivity (Wildman–Crippen MR) is 148 cm³/mol. The number of nitrogens with zero attached hydrogens (tertiary/aromatic N) is 2. The first-order valence-electron chi connectivity index (χ1n) is 11.5. The molecule has 2 aliphatic rings. The van der Waals surface area contributed by atoms with Gasteiger partial charge in [0.2, 0.25) is 5.91 Å². The number of para-hydroxylation sites is 1. The lowest BCUT2D eigenvalue weighted by atomic mass is 10.1. The summed E-state index contributed by atoms with van der Waals surface area (Å²) < 4.78 is 0.430. The Morgan fingerprint density at radius 3 is 2.33 bits per heavy atom. The van der Waals surface area contributed by atoms with Crippen LogP contribution in [-0.2, 0) is 20.8 Å². The summed E-state index contributed by atoms with van der Waals surface area (Å²) in [5.41, 5.74) is 4.38. The molecule has 1 saturated heterocycles. The van der Waals surface area contributed by atoms with E-state index in [-0.39, 0.29) is 24.3 Å². The van der Waals surface area contributed by atoms with Gasteiger partial charge in [-0.2, -0.15) is 0 Å². The van der Waals surface area contributed by atoms with Crippen molar-refractivity contribution >= 4 is 63.0 Å². The van der Waals surface area contributed by atoms with Gasteiger partial charge in [0.1, 0.15) is 10.9 Å². The van der Waals surface area contributed by atoms with Gasteiger partial charge in [-0.15, -0.1) is 0 Å². The molecule has 1 N–H and O–H groups in total. The highest BCUT2D eigenvalue weighted by Crippen LogP contribution is 2.44. The molecule has 0 atom stereocenters. The van der Waals surface area contributed by atoms with Crippen molar-refractivity contribution < 1.29 is 14.4 Å². The maximum atomic E-state index is 13.6. The number of carbonyl (C=O) groups excluding carboxylic acids is 3. The van der Waals surface area contributed by atoms with Gasteiger partial charge >= 0.3 is 0 Å². The van der Waals surface area contributed by atoms with Crippen molar-refractivity contribution in [2.24, 2.45) is 0 Å². The lowest BCUT2D eigenvalue weighted by molar-refractivity contribution is -0.122. The Kier molecular flexibility index (Phi) is 6.71. The lowest BCUT2D eigenvalue weighted by Crippen LogP contribution is -2.35. The number of aryl methyl sites for hydroxylation is 1. The van der Waals surface area contributed by atoms with Gasteiger partial charge < -0.3 is 5.32 Å². The van der Waals surface area contributed by atoms with E-state index in [0.29, 0.717) is 44.7 Å². The van der Waals surface area contributed by atoms with E-state index in [1.807, 2.05) is 73.7 Å². The molecule has 0 aliphatic carbocycles. The summed E-state index contributed by atoms with van der Waals surface area (Å²) in [6.45, 7) is 2.24. The van der Waals surface area contributed by atoms with E-state index in [4.69, 9.17) is 12.2 Å². The number of hydrogen-bond donors (Lipinski definition) is 1. The van der Waals surface area contributed by atoms with E-state index in [1.165, 1.54) is 4.90 Å². The Morgan fingerprint density at radius 1 is 0.889 bits per heavy atom. The van der Waals surface area contributed by atoms with E-state index in [9.17, 15) is 14.4 Å². The molecule has 3 amide bonds. The molecule has 3 aromatic carbocycles. The summed E-state index contributed by atoms with van der Waals surface area (Å²) in [5, 5.41) is 2.84. The monoisotopic (exact) mass is 513 g/mol. The molecule has 2 heterocycles. The third kappa shape index (κ3) is 4.69. The number of thioether (sulfide) groups is 1. The normalized spacial score (nSPS) is 17.1. The zero-order chi connectivity index (χ0) is 25.2. The minimum Gasteiger partial charge on any atom is -0.325 e. The molecule has 0 bridgehead atoms. The van der Waals surface area contributed by atoms with Crippen molar-refractivity contribution in [3.8, 4) is 0 Å². The van der Waals surface area contributed by atoms with Gasteiger partial charge in [0, 0.05) is 17.8 Å². The van der Waals surface area contributed by atoms with Crippen LogP contribution >= 0.6 is 24.0 Å². The Hall–Kier alpha value is -3.75. The molecular weight excluding hydrogens is 490 g/mol. The van der Waals surface area contributed by atoms with Crippen molar-refractivity contribution in [2.45, 2.75) is 13.3 Å². The van der Waals surface area contributed by atoms with E-state index >= 15 is 0 Å². The van der Waals surface area contributed by atoms with Crippen molar-refractivity contribution in [1.82, 2.24) is 4.90 Å². The number of amides is 3. The van der Waals surface area contributed by atoms with Gasteiger partial charge in [-0.05, 0) is 37.1 Å². The standard InChI is InChI=1S/C28H23N3O3S2/c1-18-11-13-20(14-12-18)29-23(32)17-31-22-10-6-5-9-21(22)24(26(31)33)25-27(34)30(28(35)36-25)16-15-19-7-3-2-4-8-19/h2-14H,15-17H2,1H3,(H,29,32)/b25-24+. The smallest absolute Gasteiger partial charge is 0.267 e. The lowest BCUT2D eigenvalue weighted by Gasteiger charge is -2.17. The number of thiocarbonyl (C=S) groups is 1. The fourth-order valence-corrected chi connectivity index (χ4v) is 5.65. The second-order valence-corrected chi connectivity index (χ2v) is 10.2. The summed E-state index contributed by atoms with van der Waals surface area (Å²) in [6.07, 6.45) is 0.658. The van der Waals surface area contributed by atoms with E-state index in [0.717, 1.165) is 22.9 Å². The minimum atomic E-state index is -0.376. The second kappa shape index (κ2) is 10.1. The molecule has 180 valence electrons. The van der Waals surface area contributed by atoms with Gasteiger partial charge in [-0.1, -0.05) is 90.2 Å². The topological polar surface area (TPSA) is 69.7 Å². The van der Waals surface area contributed by atoms with Gasteiger partial charge in [0.15, 0.2) is 0 Å². The fourth-order valence-electron chi connectivity index (χ4n) is 4.27. The highest BCUT2D eigenvalue weighted by atomic mass is 32.2. The first kappa shape index (κ1) is 24.0. The van der Waals surface area contributed by atoms with Crippen LogP contribution in [0.1, 0.15) is 16.7 Å². The molecule has 8 heteroatoms. The highest BCUT2D eigenvalue weighted by molar-refractivity contribution is 8.26. The Morgan fingerprint density at radius 2 is 1.58 bits per heavy atom. The first-order valence-corrected chi connectivity index (χ1v) is 12.7. The third-order valence-electron chi connectivity index (χ3n) is 6.10. The maximum absolute atomic E-state index is 13.6. The number of rotatable bonds is 6. The quantitative estimate of drug-likeness (QED) is 0.379. The number of fused-ring (bicyclic) bond motifs is 1. The zero-order valence-electron chi connectivity index (χ0n) is 19.6. The predicted octanol–water partition coefficient (Wildman–Crippen LogP) is 4.79. The van der Waals surface area contributed by atoms with E-state index < -0.39 is 0 Å². The van der Waals surface area contributed by atoms with E-state index in [2.05, 4.69) is 5.32 Å². The number of anilines is 2. The van der Waals surface area contributed by atoms with Gasteiger partial charge in [0.25, 0.3) is 11.8 Å². The molecule has 6 nitrogen and oxygen atoms in total. The summed E-state index contributed by atoms with van der Waals surface area (Å²) in [7, 11) is 0. The van der Waals surface area contributed by atoms with Crippen LogP contribution < -0.4 is 10.2 Å². The Bertz CT molecular complexity index is 1400. The number of hydrogen-bond acceptors (Lipinski definition) is 5. The molecule has 0 saturated carbocycles. The van der Waals surface area contributed by atoms with Crippen molar-refractivity contribution in [3.63, 3.8) is 0 Å². The summed E-state index contributed by atoms with van der Waals surface area (Å²) in [6, 6.07) is 24.5. The van der Waals surface area contributed by atoms with Crippen LogP contribution in [0, 0.1) is 6.92 Å². The Labute approximate surface area is 219 Å². The molecule has 36 heavy (non-hydrogen) atoms. The van der Waals surface area contributed by atoms with Gasteiger partial charge in [0.05, 0.1) is 16.2 Å². The SMILES string of the molecule is Cc1ccc(NC(=O)CN2C(=O)/C(=C3/SC(=S)N(CCc4ccccc4)C3=O)c3ccccc32)cc1. The van der Waals surface area contributed by atoms with Crippen LogP contribution in [0.3, 0.4) is 0 Å². The number of benzene rings is 3. The largest absolute Gasteiger partial charge is 0.325 e. The molecule has 0 spiro atoms. The fraction of sp³-hybridized carbons (Fsp3) is 0.143. The van der Waals surface area contributed by atoms with Crippen LogP contribution in [0.2, 0.25) is 0 Å². The molecule has 0 unspecified atom stereocenters. The summed E-state index contributed by atoms with van der Waals surface area (Å²) >= 11 is 6.65. The maximum Gasteiger partial charge on any atom is 0.267 e. The van der Waals surface area contributed by atoms with E-state index in [1.54, 1.807) is 17.0 Å². The van der Waals surface area contributed by atoms with Crippen LogP contribution in [-0.4, -0.2) is 40.0 Å². The van der Waals surface area contributed by atoms with Crippen molar-refractivity contribution in [3.05, 3.63) is 100 Å². The zero-order valence-corrected chi connectivity index (χ0v) is 21.2. The van der Waals surface area contributed by atoms with Crippen LogP contribution in [0.4, 0.5) is 11.4 Å². The average molecular weight is 514 g/mol. The number of carbonyl (C=O) groups is 3. The highest BCUT2D eigenvalue weighted by Gasteiger charge is 2.42. The summed E-state index contributed by atoms with van der Waals surface area (Å²) in [4.78, 5) is 43.1. The van der Waals surface area contributed by atoms with Crippen molar-refractivity contribution in [2.75, 3.05) is 23.3 Å². The number of nitrogens with one attached hydrogen (secondary N) is 1. The van der Waals surface area contributed by atoms with Crippen LogP contribution in [0.25, 0.3) is 5.57 Å². The molecule has 2 aliphatic heterocycles.